The Morgan fingerprint density at radius 1 is 1.50 bits per heavy atom. The molecule has 1 aliphatic heterocycles. The van der Waals surface area contributed by atoms with E-state index >= 15 is 0 Å². The highest BCUT2D eigenvalue weighted by Gasteiger charge is 2.36. The number of halogens is 2. The van der Waals surface area contributed by atoms with Gasteiger partial charge in [-0.15, -0.1) is 0 Å². The van der Waals surface area contributed by atoms with Crippen LogP contribution in [0.1, 0.15) is 12.0 Å². The minimum absolute atomic E-state index is 0.167. The second-order valence-corrected chi connectivity index (χ2v) is 4.37. The van der Waals surface area contributed by atoms with Crippen molar-refractivity contribution in [3.8, 4) is 0 Å². The first-order chi connectivity index (χ1) is 6.62. The Labute approximate surface area is 89.8 Å². The lowest BCUT2D eigenvalue weighted by atomic mass is 9.93. The lowest BCUT2D eigenvalue weighted by Crippen LogP contribution is -2.27. The maximum Gasteiger partial charge on any atom is 0.129 e. The summed E-state index contributed by atoms with van der Waals surface area (Å²) in [6, 6.07) is 4.55. The van der Waals surface area contributed by atoms with Gasteiger partial charge in [0.05, 0.1) is 6.61 Å². The molecule has 1 atom stereocenters. The molecule has 1 aliphatic rings. The summed E-state index contributed by atoms with van der Waals surface area (Å²) in [5.74, 6) is -0.388. The number of hydrogen-bond donors (Lipinski definition) is 1. The van der Waals surface area contributed by atoms with Crippen molar-refractivity contribution in [1.82, 2.24) is 0 Å². The summed E-state index contributed by atoms with van der Waals surface area (Å²) in [5.41, 5.74) is -0.849. The summed E-state index contributed by atoms with van der Waals surface area (Å²) in [4.78, 5) is 0. The molecule has 1 aromatic carbocycles. The van der Waals surface area contributed by atoms with E-state index in [0.717, 1.165) is 4.47 Å². The monoisotopic (exact) mass is 260 g/mol. The standard InChI is InChI=1S/C10H10BrFO2/c11-7-1-2-9(12)8(5-7)10(13)3-4-14-6-10/h1-2,5,13H,3-4,6H2. The number of ether oxygens (including phenoxy) is 1. The third kappa shape index (κ3) is 1.69. The molecule has 1 unspecified atom stereocenters. The maximum atomic E-state index is 13.4. The Kier molecular flexibility index (Phi) is 2.60. The van der Waals surface area contributed by atoms with Crippen LogP contribution in [0.25, 0.3) is 0 Å². The average molecular weight is 261 g/mol. The molecule has 0 aliphatic carbocycles. The smallest absolute Gasteiger partial charge is 0.129 e. The molecule has 0 radical (unpaired) electrons. The minimum Gasteiger partial charge on any atom is -0.383 e. The number of rotatable bonds is 1. The summed E-state index contributed by atoms with van der Waals surface area (Å²) in [6.07, 6.45) is 0.445. The number of aliphatic hydroxyl groups is 1. The van der Waals surface area contributed by atoms with Crippen molar-refractivity contribution in [2.45, 2.75) is 12.0 Å². The molecule has 0 aromatic heterocycles. The lowest BCUT2D eigenvalue weighted by molar-refractivity contribution is 0.0201. The van der Waals surface area contributed by atoms with Crippen LogP contribution in [0.2, 0.25) is 0 Å². The van der Waals surface area contributed by atoms with E-state index in [2.05, 4.69) is 15.9 Å². The van der Waals surface area contributed by atoms with Crippen LogP contribution in [0.4, 0.5) is 4.39 Å². The molecular weight excluding hydrogens is 251 g/mol. The minimum atomic E-state index is -1.16. The quantitative estimate of drug-likeness (QED) is 0.839. The molecule has 2 nitrogen and oxygen atoms in total. The molecule has 1 heterocycles. The van der Waals surface area contributed by atoms with Gasteiger partial charge in [0.25, 0.3) is 0 Å². The van der Waals surface area contributed by atoms with Crippen LogP contribution in [0.15, 0.2) is 22.7 Å². The maximum absolute atomic E-state index is 13.4. The highest BCUT2D eigenvalue weighted by Crippen LogP contribution is 2.33. The van der Waals surface area contributed by atoms with Gasteiger partial charge in [0.15, 0.2) is 0 Å². The van der Waals surface area contributed by atoms with Gasteiger partial charge in [0.2, 0.25) is 0 Å². The fraction of sp³-hybridized carbons (Fsp3) is 0.400. The van der Waals surface area contributed by atoms with Crippen molar-refractivity contribution in [1.29, 1.82) is 0 Å². The Bertz CT molecular complexity index is 348. The molecule has 76 valence electrons. The van der Waals surface area contributed by atoms with Gasteiger partial charge < -0.3 is 9.84 Å². The first-order valence-corrected chi connectivity index (χ1v) is 5.17. The fourth-order valence-corrected chi connectivity index (χ4v) is 1.98. The van der Waals surface area contributed by atoms with Crippen molar-refractivity contribution in [2.75, 3.05) is 13.2 Å². The van der Waals surface area contributed by atoms with E-state index in [1.807, 2.05) is 0 Å². The SMILES string of the molecule is OC1(c2cc(Br)ccc2F)CCOC1. The van der Waals surface area contributed by atoms with Crippen molar-refractivity contribution in [2.24, 2.45) is 0 Å². The molecule has 0 spiro atoms. The Morgan fingerprint density at radius 2 is 2.29 bits per heavy atom. The van der Waals surface area contributed by atoms with Crippen LogP contribution in [0, 0.1) is 5.82 Å². The molecule has 4 heteroatoms. The van der Waals surface area contributed by atoms with Crippen LogP contribution in [-0.2, 0) is 10.3 Å². The van der Waals surface area contributed by atoms with Gasteiger partial charge in [-0.25, -0.2) is 4.39 Å². The number of hydrogen-bond acceptors (Lipinski definition) is 2. The first kappa shape index (κ1) is 10.1. The largest absolute Gasteiger partial charge is 0.383 e. The van der Waals surface area contributed by atoms with Crippen LogP contribution in [-0.4, -0.2) is 18.3 Å². The van der Waals surface area contributed by atoms with Crippen molar-refractivity contribution in [3.05, 3.63) is 34.1 Å². The zero-order valence-corrected chi connectivity index (χ0v) is 9.05. The van der Waals surface area contributed by atoms with Crippen molar-refractivity contribution in [3.63, 3.8) is 0 Å². The third-order valence-corrected chi connectivity index (χ3v) is 2.92. The second-order valence-electron chi connectivity index (χ2n) is 3.46. The van der Waals surface area contributed by atoms with Gasteiger partial charge in [0.1, 0.15) is 11.4 Å². The van der Waals surface area contributed by atoms with E-state index in [4.69, 9.17) is 4.74 Å². The zero-order chi connectivity index (χ0) is 10.2. The van der Waals surface area contributed by atoms with Crippen LogP contribution < -0.4 is 0 Å². The van der Waals surface area contributed by atoms with Crippen LogP contribution in [0.5, 0.6) is 0 Å². The van der Waals surface area contributed by atoms with Crippen LogP contribution in [0.3, 0.4) is 0 Å². The lowest BCUT2D eigenvalue weighted by Gasteiger charge is -2.21. The van der Waals surface area contributed by atoms with Crippen molar-refractivity contribution < 1.29 is 14.2 Å². The second kappa shape index (κ2) is 3.61. The third-order valence-electron chi connectivity index (χ3n) is 2.43. The molecule has 1 saturated heterocycles. The Morgan fingerprint density at radius 3 is 2.93 bits per heavy atom. The molecule has 0 amide bonds. The first-order valence-electron chi connectivity index (χ1n) is 4.37. The highest BCUT2D eigenvalue weighted by atomic mass is 79.9. The van der Waals surface area contributed by atoms with E-state index in [9.17, 15) is 9.50 Å². The molecule has 0 saturated carbocycles. The normalized spacial score (nSPS) is 26.8. The van der Waals surface area contributed by atoms with Crippen molar-refractivity contribution >= 4 is 15.9 Å². The molecule has 2 rings (SSSR count). The van der Waals surface area contributed by atoms with Gasteiger partial charge in [-0.05, 0) is 18.2 Å². The molecule has 1 aromatic rings. The van der Waals surface area contributed by atoms with Gasteiger partial charge in [-0.2, -0.15) is 0 Å². The van der Waals surface area contributed by atoms with E-state index < -0.39 is 5.60 Å². The van der Waals surface area contributed by atoms with Crippen LogP contribution >= 0.6 is 15.9 Å². The number of benzene rings is 1. The summed E-state index contributed by atoms with van der Waals surface area (Å²) in [7, 11) is 0. The topological polar surface area (TPSA) is 29.5 Å². The molecule has 14 heavy (non-hydrogen) atoms. The van der Waals surface area contributed by atoms with Gasteiger partial charge in [-0.3, -0.25) is 0 Å². The van der Waals surface area contributed by atoms with E-state index in [1.54, 1.807) is 12.1 Å². The summed E-state index contributed by atoms with van der Waals surface area (Å²) < 4.78 is 19.3. The zero-order valence-electron chi connectivity index (χ0n) is 7.46. The summed E-state index contributed by atoms with van der Waals surface area (Å²) in [5, 5.41) is 10.1. The molecule has 1 fully saturated rings. The van der Waals surface area contributed by atoms with E-state index in [1.165, 1.54) is 6.07 Å². The Hall–Kier alpha value is -0.450. The van der Waals surface area contributed by atoms with E-state index in [-0.39, 0.29) is 12.4 Å². The fourth-order valence-electron chi connectivity index (χ4n) is 1.62. The summed E-state index contributed by atoms with van der Waals surface area (Å²) >= 11 is 3.25. The highest BCUT2D eigenvalue weighted by molar-refractivity contribution is 9.10. The van der Waals surface area contributed by atoms with Gasteiger partial charge >= 0.3 is 0 Å². The molecule has 0 bridgehead atoms. The van der Waals surface area contributed by atoms with E-state index in [0.29, 0.717) is 18.6 Å². The predicted octanol–water partition coefficient (Wildman–Crippen LogP) is 2.20. The Balaban J connectivity index is 2.44. The average Bonchev–Trinajstić information content (AvgIpc) is 2.58. The van der Waals surface area contributed by atoms with Gasteiger partial charge in [0, 0.05) is 23.1 Å². The molecule has 1 N–H and O–H groups in total. The predicted molar refractivity (Wildman–Crippen MR) is 53.4 cm³/mol. The molecular formula is C10H10BrFO2. The summed E-state index contributed by atoms with van der Waals surface area (Å²) in [6.45, 7) is 0.642. The van der Waals surface area contributed by atoms with Gasteiger partial charge in [-0.1, -0.05) is 15.9 Å².